The highest BCUT2D eigenvalue weighted by atomic mass is 16.4. The number of hydrogen-bond acceptors (Lipinski definition) is 3. The number of carbonyl (C=O) groups is 2. The molecule has 1 saturated heterocycles. The molecule has 0 aromatic heterocycles. The van der Waals surface area contributed by atoms with Crippen LogP contribution >= 0.6 is 0 Å². The molecule has 0 spiro atoms. The molecular weight excluding hydrogens is 244 g/mol. The van der Waals surface area contributed by atoms with Crippen molar-refractivity contribution in [3.05, 3.63) is 0 Å². The van der Waals surface area contributed by atoms with E-state index in [1.54, 1.807) is 0 Å². The number of carboxylic acids is 1. The van der Waals surface area contributed by atoms with Gasteiger partial charge in [-0.15, -0.1) is 0 Å². The molecule has 2 N–H and O–H groups in total. The van der Waals surface area contributed by atoms with E-state index < -0.39 is 5.97 Å². The van der Waals surface area contributed by atoms with E-state index in [1.165, 1.54) is 0 Å². The van der Waals surface area contributed by atoms with Crippen molar-refractivity contribution < 1.29 is 14.7 Å². The second kappa shape index (κ2) is 6.89. The molecule has 0 aromatic rings. The fourth-order valence-electron chi connectivity index (χ4n) is 2.81. The van der Waals surface area contributed by atoms with Crippen molar-refractivity contribution in [2.45, 2.75) is 65.1 Å². The number of likely N-dealkylation sites (tertiary alicyclic amines) is 1. The highest BCUT2D eigenvalue weighted by Gasteiger charge is 2.39. The van der Waals surface area contributed by atoms with E-state index in [4.69, 9.17) is 5.11 Å². The van der Waals surface area contributed by atoms with Crippen LogP contribution in [-0.4, -0.2) is 46.6 Å². The maximum Gasteiger partial charge on any atom is 0.308 e. The minimum atomic E-state index is -0.761. The molecule has 3 unspecified atom stereocenters. The molecular formula is C14H26N2O3. The predicted octanol–water partition coefficient (Wildman–Crippen LogP) is 1.47. The molecule has 0 radical (unpaired) electrons. The van der Waals surface area contributed by atoms with Crippen LogP contribution in [-0.2, 0) is 9.59 Å². The quantitative estimate of drug-likeness (QED) is 0.767. The lowest BCUT2D eigenvalue weighted by Crippen LogP contribution is -2.50. The zero-order valence-electron chi connectivity index (χ0n) is 12.3. The van der Waals surface area contributed by atoms with Gasteiger partial charge in [-0.2, -0.15) is 0 Å². The average molecular weight is 270 g/mol. The van der Waals surface area contributed by atoms with Gasteiger partial charge < -0.3 is 10.4 Å². The summed E-state index contributed by atoms with van der Waals surface area (Å²) >= 11 is 0. The third kappa shape index (κ3) is 3.69. The Morgan fingerprint density at radius 3 is 2.37 bits per heavy atom. The smallest absolute Gasteiger partial charge is 0.308 e. The summed E-state index contributed by atoms with van der Waals surface area (Å²) in [7, 11) is 0. The molecule has 0 aliphatic carbocycles. The normalized spacial score (nSPS) is 25.5. The molecule has 0 aromatic carbocycles. The average Bonchev–Trinajstić information content (AvgIpc) is 2.76. The molecule has 19 heavy (non-hydrogen) atoms. The third-order valence-electron chi connectivity index (χ3n) is 4.33. The van der Waals surface area contributed by atoms with Crippen molar-refractivity contribution in [1.82, 2.24) is 10.2 Å². The van der Waals surface area contributed by atoms with Crippen LogP contribution in [0.1, 0.15) is 47.0 Å². The molecule has 1 fully saturated rings. The maximum absolute atomic E-state index is 12.2. The number of carboxylic acid groups (broad SMARTS) is 1. The van der Waals surface area contributed by atoms with Gasteiger partial charge in [0.2, 0.25) is 5.91 Å². The van der Waals surface area contributed by atoms with Gasteiger partial charge in [0.25, 0.3) is 0 Å². The fourth-order valence-corrected chi connectivity index (χ4v) is 2.81. The Kier molecular flexibility index (Phi) is 5.79. The summed E-state index contributed by atoms with van der Waals surface area (Å²) in [6.07, 6.45) is 2.46. The first kappa shape index (κ1) is 16.0. The molecule has 0 saturated carbocycles. The van der Waals surface area contributed by atoms with Gasteiger partial charge in [-0.25, -0.2) is 0 Å². The Labute approximate surface area is 115 Å². The topological polar surface area (TPSA) is 69.6 Å². The third-order valence-corrected chi connectivity index (χ3v) is 4.33. The van der Waals surface area contributed by atoms with E-state index in [9.17, 15) is 9.59 Å². The molecule has 1 aliphatic rings. The Morgan fingerprint density at radius 1 is 1.37 bits per heavy atom. The number of nitrogens with one attached hydrogen (secondary N) is 1. The highest BCUT2D eigenvalue weighted by Crippen LogP contribution is 2.26. The van der Waals surface area contributed by atoms with Gasteiger partial charge in [-0.05, 0) is 33.1 Å². The van der Waals surface area contributed by atoms with Crippen LogP contribution in [0, 0.1) is 5.92 Å². The predicted molar refractivity (Wildman–Crippen MR) is 73.9 cm³/mol. The number of aliphatic carboxylic acids is 1. The van der Waals surface area contributed by atoms with Crippen molar-refractivity contribution in [3.63, 3.8) is 0 Å². The van der Waals surface area contributed by atoms with Gasteiger partial charge in [-0.3, -0.25) is 14.5 Å². The molecule has 1 rings (SSSR count). The largest absolute Gasteiger partial charge is 0.481 e. The highest BCUT2D eigenvalue weighted by molar-refractivity contribution is 5.82. The van der Waals surface area contributed by atoms with Gasteiger partial charge in [-0.1, -0.05) is 13.8 Å². The molecule has 1 heterocycles. The molecule has 5 heteroatoms. The Hall–Kier alpha value is -1.10. The van der Waals surface area contributed by atoms with Crippen molar-refractivity contribution >= 4 is 11.9 Å². The van der Waals surface area contributed by atoms with Gasteiger partial charge in [0.1, 0.15) is 0 Å². The lowest BCUT2D eigenvalue weighted by molar-refractivity contribution is -0.143. The summed E-state index contributed by atoms with van der Waals surface area (Å²) in [6, 6.07) is -0.136. The van der Waals surface area contributed by atoms with E-state index in [0.717, 1.165) is 12.8 Å². The van der Waals surface area contributed by atoms with Crippen molar-refractivity contribution in [3.8, 4) is 0 Å². The molecule has 5 nitrogen and oxygen atoms in total. The Bertz CT molecular complexity index is 329. The monoisotopic (exact) mass is 270 g/mol. The second-order valence-electron chi connectivity index (χ2n) is 5.41. The first-order chi connectivity index (χ1) is 8.92. The van der Waals surface area contributed by atoms with Gasteiger partial charge in [0.15, 0.2) is 0 Å². The van der Waals surface area contributed by atoms with E-state index in [0.29, 0.717) is 13.0 Å². The number of nitrogens with zero attached hydrogens (tertiary/aromatic N) is 1. The lowest BCUT2D eigenvalue weighted by Gasteiger charge is -2.30. The molecule has 1 amide bonds. The zero-order valence-corrected chi connectivity index (χ0v) is 12.3. The van der Waals surface area contributed by atoms with Crippen LogP contribution in [0.25, 0.3) is 0 Å². The van der Waals surface area contributed by atoms with E-state index in [-0.39, 0.29) is 30.0 Å². The van der Waals surface area contributed by atoms with E-state index >= 15 is 0 Å². The van der Waals surface area contributed by atoms with Crippen LogP contribution in [0.2, 0.25) is 0 Å². The van der Waals surface area contributed by atoms with Gasteiger partial charge in [0, 0.05) is 18.6 Å². The van der Waals surface area contributed by atoms with E-state index in [1.807, 2.05) is 18.7 Å². The first-order valence-electron chi connectivity index (χ1n) is 7.21. The maximum atomic E-state index is 12.2. The molecule has 110 valence electrons. The zero-order chi connectivity index (χ0) is 14.6. The van der Waals surface area contributed by atoms with E-state index in [2.05, 4.69) is 19.2 Å². The molecule has 1 aliphatic heterocycles. The Morgan fingerprint density at radius 2 is 1.95 bits per heavy atom. The Balaban J connectivity index is 2.60. The number of amides is 1. The van der Waals surface area contributed by atoms with Crippen molar-refractivity contribution in [2.24, 2.45) is 5.92 Å². The van der Waals surface area contributed by atoms with Gasteiger partial charge >= 0.3 is 5.97 Å². The minimum Gasteiger partial charge on any atom is -0.481 e. The number of carbonyl (C=O) groups excluding carboxylic acids is 1. The van der Waals surface area contributed by atoms with Crippen LogP contribution in [0.5, 0.6) is 0 Å². The summed E-state index contributed by atoms with van der Waals surface area (Å²) in [5.41, 5.74) is 0. The van der Waals surface area contributed by atoms with Gasteiger partial charge in [0.05, 0.1) is 12.0 Å². The van der Waals surface area contributed by atoms with Crippen LogP contribution in [0.3, 0.4) is 0 Å². The summed E-state index contributed by atoms with van der Waals surface area (Å²) < 4.78 is 0. The standard InChI is InChI=1S/C14H26N2O3/c1-5-11(6-2)15-13(17)10(4)16-8-7-12(9(16)3)14(18)19/h9-12H,5-8H2,1-4H3,(H,15,17)(H,18,19). The summed E-state index contributed by atoms with van der Waals surface area (Å²) in [5.74, 6) is -1.11. The molecule has 3 atom stereocenters. The lowest BCUT2D eigenvalue weighted by atomic mass is 10.0. The number of rotatable bonds is 6. The summed E-state index contributed by atoms with van der Waals surface area (Å²) in [4.78, 5) is 25.3. The first-order valence-corrected chi connectivity index (χ1v) is 7.21. The second-order valence-corrected chi connectivity index (χ2v) is 5.41. The fraction of sp³-hybridized carbons (Fsp3) is 0.857. The minimum absolute atomic E-state index is 0.00610. The summed E-state index contributed by atoms with van der Waals surface area (Å²) in [6.45, 7) is 8.54. The van der Waals surface area contributed by atoms with Crippen LogP contribution < -0.4 is 5.32 Å². The van der Waals surface area contributed by atoms with Crippen molar-refractivity contribution in [2.75, 3.05) is 6.54 Å². The molecule has 0 bridgehead atoms. The SMILES string of the molecule is CCC(CC)NC(=O)C(C)N1CCC(C(=O)O)C1C. The van der Waals surface area contributed by atoms with Crippen LogP contribution in [0.15, 0.2) is 0 Å². The summed E-state index contributed by atoms with van der Waals surface area (Å²) in [5, 5.41) is 12.1. The number of hydrogen-bond donors (Lipinski definition) is 2. The van der Waals surface area contributed by atoms with Crippen molar-refractivity contribution in [1.29, 1.82) is 0 Å². The van der Waals surface area contributed by atoms with Crippen LogP contribution in [0.4, 0.5) is 0 Å².